The zero-order valence-electron chi connectivity index (χ0n) is 13.0. The molecule has 21 heavy (non-hydrogen) atoms. The first kappa shape index (κ1) is 18.3. The Morgan fingerprint density at radius 3 is 2.67 bits per heavy atom. The number of methoxy groups -OCH3 is 1. The average molecular weight is 332 g/mol. The summed E-state index contributed by atoms with van der Waals surface area (Å²) in [7, 11) is -0.295. The van der Waals surface area contributed by atoms with Gasteiger partial charge in [-0.2, -0.15) is 11.8 Å². The molecular weight excluding hydrogens is 308 g/mol. The maximum Gasteiger partial charge on any atom is 0.244 e. The molecule has 0 aliphatic heterocycles. The standard InChI is InChI=1S/C14H24N2O3S2/c1-5-20-10-11(2)16-21(17,18)14-8-12(9-15-3)6-7-13(14)19-4/h6-8,11,15-16H,5,9-10H2,1-4H3. The van der Waals surface area contributed by atoms with Crippen molar-refractivity contribution in [2.45, 2.75) is 31.3 Å². The van der Waals surface area contributed by atoms with Crippen LogP contribution in [0.1, 0.15) is 19.4 Å². The van der Waals surface area contributed by atoms with E-state index in [1.165, 1.54) is 7.11 Å². The Morgan fingerprint density at radius 1 is 1.38 bits per heavy atom. The Labute approximate surface area is 131 Å². The number of rotatable bonds is 9. The minimum atomic E-state index is -3.59. The molecule has 0 aromatic heterocycles. The fourth-order valence-electron chi connectivity index (χ4n) is 1.90. The quantitative estimate of drug-likeness (QED) is 0.722. The summed E-state index contributed by atoms with van der Waals surface area (Å²) in [6.07, 6.45) is 0. The molecule has 0 radical (unpaired) electrons. The fraction of sp³-hybridized carbons (Fsp3) is 0.571. The van der Waals surface area contributed by atoms with Gasteiger partial charge in [0.25, 0.3) is 0 Å². The van der Waals surface area contributed by atoms with Gasteiger partial charge in [-0.1, -0.05) is 13.0 Å². The molecule has 120 valence electrons. The third-order valence-electron chi connectivity index (χ3n) is 2.83. The molecule has 5 nitrogen and oxygen atoms in total. The van der Waals surface area contributed by atoms with Crippen LogP contribution in [0.25, 0.3) is 0 Å². The van der Waals surface area contributed by atoms with Crippen LogP contribution in [0.5, 0.6) is 5.75 Å². The fourth-order valence-corrected chi connectivity index (χ4v) is 4.14. The molecule has 0 heterocycles. The molecule has 1 rings (SSSR count). The van der Waals surface area contributed by atoms with E-state index in [0.717, 1.165) is 17.1 Å². The zero-order valence-corrected chi connectivity index (χ0v) is 14.6. The highest BCUT2D eigenvalue weighted by Gasteiger charge is 2.22. The van der Waals surface area contributed by atoms with Gasteiger partial charge in [0, 0.05) is 18.3 Å². The highest BCUT2D eigenvalue weighted by atomic mass is 32.2. The molecule has 0 saturated carbocycles. The Bertz CT molecular complexity index is 547. The van der Waals surface area contributed by atoms with E-state index in [0.29, 0.717) is 12.3 Å². The summed E-state index contributed by atoms with van der Waals surface area (Å²) in [4.78, 5) is 0.186. The summed E-state index contributed by atoms with van der Waals surface area (Å²) >= 11 is 1.71. The highest BCUT2D eigenvalue weighted by Crippen LogP contribution is 2.25. The predicted molar refractivity (Wildman–Crippen MR) is 88.5 cm³/mol. The first-order chi connectivity index (χ1) is 9.94. The topological polar surface area (TPSA) is 67.4 Å². The molecule has 7 heteroatoms. The lowest BCUT2D eigenvalue weighted by atomic mass is 10.2. The van der Waals surface area contributed by atoms with Gasteiger partial charge in [-0.25, -0.2) is 13.1 Å². The molecule has 0 spiro atoms. The van der Waals surface area contributed by atoms with Crippen LogP contribution in [0.2, 0.25) is 0 Å². The number of hydrogen-bond acceptors (Lipinski definition) is 5. The average Bonchev–Trinajstić information content (AvgIpc) is 2.45. The van der Waals surface area contributed by atoms with Gasteiger partial charge in [0.15, 0.2) is 0 Å². The smallest absolute Gasteiger partial charge is 0.244 e. The van der Waals surface area contributed by atoms with Crippen LogP contribution in [0.15, 0.2) is 23.1 Å². The normalized spacial score (nSPS) is 13.1. The number of sulfonamides is 1. The Kier molecular flexibility index (Phi) is 7.51. The maximum absolute atomic E-state index is 12.5. The van der Waals surface area contributed by atoms with Crippen LogP contribution in [-0.2, 0) is 16.6 Å². The second-order valence-electron chi connectivity index (χ2n) is 4.70. The van der Waals surface area contributed by atoms with E-state index in [9.17, 15) is 8.42 Å². The van der Waals surface area contributed by atoms with Crippen LogP contribution in [0.3, 0.4) is 0 Å². The van der Waals surface area contributed by atoms with Gasteiger partial charge < -0.3 is 10.1 Å². The molecule has 0 fully saturated rings. The van der Waals surface area contributed by atoms with Crippen molar-refractivity contribution in [2.75, 3.05) is 25.7 Å². The molecule has 2 N–H and O–H groups in total. The van der Waals surface area contributed by atoms with Crippen LogP contribution in [0.4, 0.5) is 0 Å². The van der Waals surface area contributed by atoms with Crippen LogP contribution >= 0.6 is 11.8 Å². The number of nitrogens with one attached hydrogen (secondary N) is 2. The van der Waals surface area contributed by atoms with Crippen molar-refractivity contribution in [3.63, 3.8) is 0 Å². The molecule has 1 atom stereocenters. The van der Waals surface area contributed by atoms with Gasteiger partial charge >= 0.3 is 0 Å². The zero-order chi connectivity index (χ0) is 15.9. The SMILES string of the molecule is CCSCC(C)NS(=O)(=O)c1cc(CNC)ccc1OC. The number of ether oxygens (including phenoxy) is 1. The van der Waals surface area contributed by atoms with Crippen molar-refractivity contribution >= 4 is 21.8 Å². The molecule has 0 bridgehead atoms. The van der Waals surface area contributed by atoms with Crippen LogP contribution < -0.4 is 14.8 Å². The van der Waals surface area contributed by atoms with E-state index in [4.69, 9.17) is 4.74 Å². The minimum absolute atomic E-state index is 0.127. The molecule has 0 amide bonds. The predicted octanol–water partition coefficient (Wildman–Crippen LogP) is 1.83. The lowest BCUT2D eigenvalue weighted by Gasteiger charge is -2.16. The first-order valence-corrected chi connectivity index (χ1v) is 9.50. The largest absolute Gasteiger partial charge is 0.495 e. The summed E-state index contributed by atoms with van der Waals surface area (Å²) in [5.74, 6) is 2.07. The van der Waals surface area contributed by atoms with E-state index < -0.39 is 10.0 Å². The second kappa shape index (κ2) is 8.63. The van der Waals surface area contributed by atoms with Gasteiger partial charge in [-0.15, -0.1) is 0 Å². The lowest BCUT2D eigenvalue weighted by molar-refractivity contribution is 0.402. The summed E-state index contributed by atoms with van der Waals surface area (Å²) in [6.45, 7) is 4.52. The molecule has 0 aliphatic rings. The van der Waals surface area contributed by atoms with E-state index in [1.54, 1.807) is 23.9 Å². The van der Waals surface area contributed by atoms with E-state index >= 15 is 0 Å². The van der Waals surface area contributed by atoms with Crippen molar-refractivity contribution in [1.82, 2.24) is 10.0 Å². The van der Waals surface area contributed by atoms with Crippen LogP contribution in [0, 0.1) is 0 Å². The van der Waals surface area contributed by atoms with E-state index in [1.807, 2.05) is 20.0 Å². The minimum Gasteiger partial charge on any atom is -0.495 e. The Balaban J connectivity index is 3.02. The molecule has 1 aromatic carbocycles. The van der Waals surface area contributed by atoms with E-state index in [-0.39, 0.29) is 10.9 Å². The van der Waals surface area contributed by atoms with Gasteiger partial charge in [0.05, 0.1) is 7.11 Å². The molecule has 1 unspecified atom stereocenters. The molecule has 1 aromatic rings. The highest BCUT2D eigenvalue weighted by molar-refractivity contribution is 7.99. The van der Waals surface area contributed by atoms with Gasteiger partial charge in [0.2, 0.25) is 10.0 Å². The Morgan fingerprint density at radius 2 is 2.10 bits per heavy atom. The third-order valence-corrected chi connectivity index (χ3v) is 5.58. The van der Waals surface area contributed by atoms with Crippen molar-refractivity contribution < 1.29 is 13.2 Å². The summed E-state index contributed by atoms with van der Waals surface area (Å²) < 4.78 is 32.9. The van der Waals surface area contributed by atoms with Gasteiger partial charge in [0.1, 0.15) is 10.6 Å². The van der Waals surface area contributed by atoms with E-state index in [2.05, 4.69) is 17.0 Å². The first-order valence-electron chi connectivity index (χ1n) is 6.86. The van der Waals surface area contributed by atoms with Crippen molar-refractivity contribution in [3.05, 3.63) is 23.8 Å². The monoisotopic (exact) mass is 332 g/mol. The number of thioether (sulfide) groups is 1. The summed E-state index contributed by atoms with van der Waals surface area (Å²) in [5, 5.41) is 3.01. The molecule has 0 saturated heterocycles. The summed E-state index contributed by atoms with van der Waals surface area (Å²) in [6, 6.07) is 5.06. The molecule has 0 aliphatic carbocycles. The van der Waals surface area contributed by atoms with Gasteiger partial charge in [-0.05, 0) is 37.4 Å². The second-order valence-corrected chi connectivity index (χ2v) is 7.70. The van der Waals surface area contributed by atoms with Crippen molar-refractivity contribution in [2.24, 2.45) is 0 Å². The van der Waals surface area contributed by atoms with Crippen molar-refractivity contribution in [1.29, 1.82) is 0 Å². The lowest BCUT2D eigenvalue weighted by Crippen LogP contribution is -2.34. The Hall–Kier alpha value is -0.760. The maximum atomic E-state index is 12.5. The number of hydrogen-bond donors (Lipinski definition) is 2. The summed E-state index contributed by atoms with van der Waals surface area (Å²) in [5.41, 5.74) is 0.897. The van der Waals surface area contributed by atoms with Crippen molar-refractivity contribution in [3.8, 4) is 5.75 Å². The van der Waals surface area contributed by atoms with Gasteiger partial charge in [-0.3, -0.25) is 0 Å². The third kappa shape index (κ3) is 5.50. The van der Waals surface area contributed by atoms with Crippen LogP contribution in [-0.4, -0.2) is 40.1 Å². The number of benzene rings is 1. The molecular formula is C14H24N2O3S2.